The molecule has 1 aromatic heterocycles. The van der Waals surface area contributed by atoms with Crippen molar-refractivity contribution in [1.29, 1.82) is 0 Å². The number of ketones is 1. The Morgan fingerprint density at radius 3 is 2.62 bits per heavy atom. The highest BCUT2D eigenvalue weighted by Crippen LogP contribution is 2.39. The van der Waals surface area contributed by atoms with Crippen molar-refractivity contribution in [3.8, 4) is 0 Å². The molecule has 0 unspecified atom stereocenters. The molecule has 4 heteroatoms. The predicted molar refractivity (Wildman–Crippen MR) is 116 cm³/mol. The molecule has 146 valence electrons. The summed E-state index contributed by atoms with van der Waals surface area (Å²) in [7, 11) is 0. The largest absolute Gasteiger partial charge is 0.422 e. The van der Waals surface area contributed by atoms with Gasteiger partial charge in [-0.3, -0.25) is 4.79 Å². The SMILES string of the molecule is Cc1ccc(/C=C/C(=O)c2cc3cc4c5c(c3oc2=O)CCCN5CCC4)cc1. The maximum Gasteiger partial charge on any atom is 0.347 e. The van der Waals surface area contributed by atoms with Crippen LogP contribution < -0.4 is 10.5 Å². The van der Waals surface area contributed by atoms with Crippen LogP contribution in [0.4, 0.5) is 5.69 Å². The Kier molecular flexibility index (Phi) is 4.35. The Hall–Kier alpha value is -3.14. The second-order valence-corrected chi connectivity index (χ2v) is 8.03. The topological polar surface area (TPSA) is 50.5 Å². The van der Waals surface area contributed by atoms with Crippen LogP contribution in [0.15, 0.2) is 51.7 Å². The average Bonchev–Trinajstić information content (AvgIpc) is 2.73. The van der Waals surface area contributed by atoms with Gasteiger partial charge in [-0.25, -0.2) is 4.79 Å². The van der Waals surface area contributed by atoms with E-state index in [-0.39, 0.29) is 11.3 Å². The first-order valence-corrected chi connectivity index (χ1v) is 10.3. The summed E-state index contributed by atoms with van der Waals surface area (Å²) in [4.78, 5) is 27.7. The molecule has 3 heterocycles. The number of allylic oxidation sites excluding steroid dienone is 1. The van der Waals surface area contributed by atoms with Crippen molar-refractivity contribution >= 4 is 28.5 Å². The van der Waals surface area contributed by atoms with Gasteiger partial charge in [0.2, 0.25) is 0 Å². The van der Waals surface area contributed by atoms with Crippen LogP contribution in [0.2, 0.25) is 0 Å². The zero-order valence-corrected chi connectivity index (χ0v) is 16.5. The Morgan fingerprint density at radius 1 is 1.07 bits per heavy atom. The summed E-state index contributed by atoms with van der Waals surface area (Å²) in [6, 6.07) is 11.7. The van der Waals surface area contributed by atoms with Crippen LogP contribution in [-0.4, -0.2) is 18.9 Å². The molecule has 29 heavy (non-hydrogen) atoms. The zero-order valence-electron chi connectivity index (χ0n) is 16.5. The van der Waals surface area contributed by atoms with Gasteiger partial charge in [-0.1, -0.05) is 35.9 Å². The summed E-state index contributed by atoms with van der Waals surface area (Å²) in [5.74, 6) is -0.325. The molecule has 3 aromatic rings. The molecule has 0 saturated carbocycles. The molecule has 2 aromatic carbocycles. The summed E-state index contributed by atoms with van der Waals surface area (Å²) < 4.78 is 5.72. The maximum absolute atomic E-state index is 12.7. The Morgan fingerprint density at radius 2 is 1.83 bits per heavy atom. The van der Waals surface area contributed by atoms with E-state index >= 15 is 0 Å². The number of fused-ring (bicyclic) bond motifs is 2. The Labute approximate surface area is 169 Å². The number of carbonyl (C=O) groups excluding carboxylic acids is 1. The van der Waals surface area contributed by atoms with Crippen LogP contribution in [0.3, 0.4) is 0 Å². The Balaban J connectivity index is 1.56. The van der Waals surface area contributed by atoms with E-state index in [1.54, 1.807) is 12.1 Å². The molecule has 0 radical (unpaired) electrons. The first-order chi connectivity index (χ1) is 14.1. The Bertz CT molecular complexity index is 1200. The first kappa shape index (κ1) is 17.9. The van der Waals surface area contributed by atoms with Crippen LogP contribution in [0.1, 0.15) is 45.5 Å². The minimum absolute atomic E-state index is 0.0940. The number of hydrogen-bond donors (Lipinski definition) is 0. The molecule has 0 N–H and O–H groups in total. The molecule has 0 amide bonds. The van der Waals surface area contributed by atoms with Gasteiger partial charge >= 0.3 is 5.63 Å². The predicted octanol–water partition coefficient (Wildman–Crippen LogP) is 4.70. The maximum atomic E-state index is 12.7. The summed E-state index contributed by atoms with van der Waals surface area (Å²) in [6.07, 6.45) is 7.34. The van der Waals surface area contributed by atoms with Crippen LogP contribution in [0.5, 0.6) is 0 Å². The van der Waals surface area contributed by atoms with E-state index in [0.29, 0.717) is 5.58 Å². The third-order valence-electron chi connectivity index (χ3n) is 5.99. The monoisotopic (exact) mass is 385 g/mol. The normalized spacial score (nSPS) is 15.7. The second-order valence-electron chi connectivity index (χ2n) is 8.03. The fourth-order valence-electron chi connectivity index (χ4n) is 4.56. The van der Waals surface area contributed by atoms with Crippen molar-refractivity contribution in [2.75, 3.05) is 18.0 Å². The minimum atomic E-state index is -0.555. The third kappa shape index (κ3) is 3.19. The molecule has 2 aliphatic heterocycles. The molecule has 0 saturated heterocycles. The third-order valence-corrected chi connectivity index (χ3v) is 5.99. The smallest absolute Gasteiger partial charge is 0.347 e. The van der Waals surface area contributed by atoms with E-state index < -0.39 is 5.63 Å². The van der Waals surface area contributed by atoms with Gasteiger partial charge in [-0.15, -0.1) is 0 Å². The van der Waals surface area contributed by atoms with Crippen molar-refractivity contribution in [3.05, 3.63) is 80.7 Å². The number of hydrogen-bond acceptors (Lipinski definition) is 4. The van der Waals surface area contributed by atoms with Crippen molar-refractivity contribution in [1.82, 2.24) is 0 Å². The second kappa shape index (κ2) is 7.03. The standard InChI is InChI=1S/C25H23NO3/c1-16-6-8-17(9-7-16)10-11-22(27)21-15-19-14-18-4-2-12-26-13-3-5-20(23(18)26)24(19)29-25(21)28/h6-11,14-15H,2-5,12-13H2,1H3/b11-10+. The summed E-state index contributed by atoms with van der Waals surface area (Å²) in [6.45, 7) is 4.15. The van der Waals surface area contributed by atoms with E-state index in [1.807, 2.05) is 31.2 Å². The highest BCUT2D eigenvalue weighted by molar-refractivity contribution is 6.08. The molecule has 5 rings (SSSR count). The molecule has 0 fully saturated rings. The van der Waals surface area contributed by atoms with E-state index in [0.717, 1.165) is 60.8 Å². The van der Waals surface area contributed by atoms with Crippen molar-refractivity contribution in [3.63, 3.8) is 0 Å². The summed E-state index contributed by atoms with van der Waals surface area (Å²) in [5, 5.41) is 0.856. The number of carbonyl (C=O) groups is 1. The van der Waals surface area contributed by atoms with E-state index in [4.69, 9.17) is 4.42 Å². The van der Waals surface area contributed by atoms with Gasteiger partial charge in [0.1, 0.15) is 11.1 Å². The van der Waals surface area contributed by atoms with Crippen LogP contribution in [-0.2, 0) is 12.8 Å². The van der Waals surface area contributed by atoms with Crippen molar-refractivity contribution in [2.45, 2.75) is 32.6 Å². The number of anilines is 1. The molecule has 4 nitrogen and oxygen atoms in total. The lowest BCUT2D eigenvalue weighted by atomic mass is 9.90. The molecule has 0 atom stereocenters. The van der Waals surface area contributed by atoms with Crippen molar-refractivity contribution < 1.29 is 9.21 Å². The lowest BCUT2D eigenvalue weighted by Crippen LogP contribution is -2.34. The number of benzene rings is 2. The average molecular weight is 385 g/mol. The summed E-state index contributed by atoms with van der Waals surface area (Å²) >= 11 is 0. The minimum Gasteiger partial charge on any atom is -0.422 e. The van der Waals surface area contributed by atoms with Gasteiger partial charge in [-0.2, -0.15) is 0 Å². The molecule has 0 spiro atoms. The summed E-state index contributed by atoms with van der Waals surface area (Å²) in [5.41, 5.74) is 5.98. The number of rotatable bonds is 3. The van der Waals surface area contributed by atoms with Crippen LogP contribution >= 0.6 is 0 Å². The van der Waals surface area contributed by atoms with Gasteiger partial charge in [-0.05, 0) is 61.9 Å². The van der Waals surface area contributed by atoms with Gasteiger partial charge in [0.05, 0.1) is 0 Å². The molecule has 0 aliphatic carbocycles. The van der Waals surface area contributed by atoms with Crippen LogP contribution in [0.25, 0.3) is 17.0 Å². The van der Waals surface area contributed by atoms with Gasteiger partial charge in [0, 0.05) is 29.7 Å². The fourth-order valence-corrected chi connectivity index (χ4v) is 4.56. The van der Waals surface area contributed by atoms with Gasteiger partial charge < -0.3 is 9.32 Å². The number of nitrogens with zero attached hydrogens (tertiary/aromatic N) is 1. The zero-order chi connectivity index (χ0) is 20.0. The van der Waals surface area contributed by atoms with E-state index in [9.17, 15) is 9.59 Å². The van der Waals surface area contributed by atoms with E-state index in [2.05, 4.69) is 11.0 Å². The molecule has 0 bridgehead atoms. The lowest BCUT2D eigenvalue weighted by molar-refractivity contribution is 0.104. The molecule has 2 aliphatic rings. The highest BCUT2D eigenvalue weighted by Gasteiger charge is 2.27. The fraction of sp³-hybridized carbons (Fsp3) is 0.280. The molecular weight excluding hydrogens is 362 g/mol. The lowest BCUT2D eigenvalue weighted by Gasteiger charge is -2.37. The molecular formula is C25H23NO3. The van der Waals surface area contributed by atoms with Gasteiger partial charge in [0.15, 0.2) is 5.78 Å². The first-order valence-electron chi connectivity index (χ1n) is 10.3. The van der Waals surface area contributed by atoms with Gasteiger partial charge in [0.25, 0.3) is 0 Å². The van der Waals surface area contributed by atoms with Crippen LogP contribution in [0, 0.1) is 6.92 Å². The highest BCUT2D eigenvalue weighted by atomic mass is 16.4. The van der Waals surface area contributed by atoms with E-state index in [1.165, 1.54) is 17.3 Å². The quantitative estimate of drug-likeness (QED) is 0.373. The van der Waals surface area contributed by atoms with Crippen molar-refractivity contribution in [2.24, 2.45) is 0 Å². The number of aryl methyl sites for hydroxylation is 3.